The van der Waals surface area contributed by atoms with E-state index in [1.165, 1.54) is 12.3 Å². The van der Waals surface area contributed by atoms with Crippen molar-refractivity contribution in [1.29, 1.82) is 0 Å². The highest BCUT2D eigenvalue weighted by atomic mass is 35.5. The Labute approximate surface area is 202 Å². The average Bonchev–Trinajstić information content (AvgIpc) is 2.80. The summed E-state index contributed by atoms with van der Waals surface area (Å²) in [4.78, 5) is 36.0. The van der Waals surface area contributed by atoms with Crippen LogP contribution in [0.3, 0.4) is 0 Å². The molecular weight excluding hydrogens is 456 g/mol. The van der Waals surface area contributed by atoms with Crippen molar-refractivity contribution >= 4 is 46.9 Å². The lowest BCUT2D eigenvalue weighted by molar-refractivity contribution is -0.136. The van der Waals surface area contributed by atoms with E-state index < -0.39 is 11.8 Å². The van der Waals surface area contributed by atoms with E-state index in [1.54, 1.807) is 42.5 Å². The molecule has 3 N–H and O–H groups in total. The number of benzene rings is 3. The Bertz CT molecular complexity index is 1240. The fourth-order valence-corrected chi connectivity index (χ4v) is 3.01. The van der Waals surface area contributed by atoms with Gasteiger partial charge in [-0.15, -0.1) is 0 Å². The molecular formula is C25H23ClN4O4. The highest BCUT2D eigenvalue weighted by Gasteiger charge is 2.13. The number of nitrogens with zero attached hydrogens (tertiary/aromatic N) is 1. The van der Waals surface area contributed by atoms with Crippen molar-refractivity contribution in [3.63, 3.8) is 0 Å². The third-order valence-electron chi connectivity index (χ3n) is 4.69. The second kappa shape index (κ2) is 11.6. The van der Waals surface area contributed by atoms with Gasteiger partial charge in [-0.1, -0.05) is 35.9 Å². The fraction of sp³-hybridized carbons (Fsp3) is 0.120. The third kappa shape index (κ3) is 7.46. The van der Waals surface area contributed by atoms with Gasteiger partial charge < -0.3 is 15.4 Å². The molecule has 3 amide bonds. The maximum Gasteiger partial charge on any atom is 0.329 e. The van der Waals surface area contributed by atoms with E-state index in [9.17, 15) is 14.4 Å². The number of carbonyl (C=O) groups is 3. The Balaban J connectivity index is 1.48. The number of hydrogen-bond acceptors (Lipinski definition) is 5. The van der Waals surface area contributed by atoms with Crippen LogP contribution in [0.4, 0.5) is 11.4 Å². The van der Waals surface area contributed by atoms with Gasteiger partial charge in [0.05, 0.1) is 6.21 Å². The number of aryl methyl sites for hydroxylation is 2. The van der Waals surface area contributed by atoms with Crippen molar-refractivity contribution in [2.24, 2.45) is 5.10 Å². The minimum absolute atomic E-state index is 0.173. The molecule has 9 heteroatoms. The second-order valence-electron chi connectivity index (χ2n) is 7.37. The van der Waals surface area contributed by atoms with Crippen molar-refractivity contribution in [2.75, 3.05) is 17.2 Å². The number of nitrogens with one attached hydrogen (secondary N) is 3. The van der Waals surface area contributed by atoms with Crippen molar-refractivity contribution in [3.8, 4) is 5.75 Å². The Morgan fingerprint density at radius 2 is 1.65 bits per heavy atom. The minimum atomic E-state index is -0.938. The first-order valence-electron chi connectivity index (χ1n) is 10.3. The highest BCUT2D eigenvalue weighted by molar-refractivity contribution is 6.39. The predicted octanol–water partition coefficient (Wildman–Crippen LogP) is 4.06. The average molecular weight is 479 g/mol. The standard InChI is InChI=1S/C25H23ClN4O4/c1-16-9-10-21(11-17(16)2)28-23(31)15-34-22-8-3-5-18(12-22)14-27-30-25(33)24(32)29-20-7-4-6-19(26)13-20/h3-14H,15H2,1-2H3,(H,28,31)(H,29,32)(H,30,33)/b27-14-. The van der Waals surface area contributed by atoms with Gasteiger partial charge in [-0.2, -0.15) is 5.10 Å². The van der Waals surface area contributed by atoms with Crippen LogP contribution in [0.5, 0.6) is 5.75 Å². The van der Waals surface area contributed by atoms with E-state index in [0.717, 1.165) is 11.1 Å². The molecule has 174 valence electrons. The number of amides is 3. The molecule has 0 spiro atoms. The van der Waals surface area contributed by atoms with Crippen LogP contribution < -0.4 is 20.8 Å². The van der Waals surface area contributed by atoms with Crippen LogP contribution >= 0.6 is 11.6 Å². The summed E-state index contributed by atoms with van der Waals surface area (Å²) in [6.07, 6.45) is 1.35. The molecule has 3 aromatic rings. The van der Waals surface area contributed by atoms with Gasteiger partial charge in [0.25, 0.3) is 5.91 Å². The van der Waals surface area contributed by atoms with Gasteiger partial charge in [0.15, 0.2) is 6.61 Å². The zero-order valence-corrected chi connectivity index (χ0v) is 19.3. The normalized spacial score (nSPS) is 10.6. The number of halogens is 1. The summed E-state index contributed by atoms with van der Waals surface area (Å²) in [5.41, 5.74) is 6.07. The fourth-order valence-electron chi connectivity index (χ4n) is 2.82. The van der Waals surface area contributed by atoms with E-state index in [0.29, 0.717) is 27.7 Å². The highest BCUT2D eigenvalue weighted by Crippen LogP contribution is 2.16. The number of ether oxygens (including phenoxy) is 1. The first kappa shape index (κ1) is 24.5. The van der Waals surface area contributed by atoms with E-state index in [1.807, 2.05) is 32.0 Å². The number of carbonyl (C=O) groups excluding carboxylic acids is 3. The lowest BCUT2D eigenvalue weighted by Gasteiger charge is -2.09. The summed E-state index contributed by atoms with van der Waals surface area (Å²) in [6.45, 7) is 3.80. The monoisotopic (exact) mass is 478 g/mol. The lowest BCUT2D eigenvalue weighted by Crippen LogP contribution is -2.32. The molecule has 0 bridgehead atoms. The Hall–Kier alpha value is -4.17. The van der Waals surface area contributed by atoms with Gasteiger partial charge in [0, 0.05) is 16.4 Å². The molecule has 8 nitrogen and oxygen atoms in total. The Morgan fingerprint density at radius 1 is 0.882 bits per heavy atom. The molecule has 0 aliphatic carbocycles. The molecule has 0 atom stereocenters. The van der Waals surface area contributed by atoms with E-state index in [4.69, 9.17) is 16.3 Å². The zero-order valence-electron chi connectivity index (χ0n) is 18.6. The number of rotatable bonds is 7. The van der Waals surface area contributed by atoms with Crippen molar-refractivity contribution in [1.82, 2.24) is 5.43 Å². The van der Waals surface area contributed by atoms with Crippen LogP contribution in [0.2, 0.25) is 5.02 Å². The Morgan fingerprint density at radius 3 is 2.41 bits per heavy atom. The van der Waals surface area contributed by atoms with E-state index in [2.05, 4.69) is 21.2 Å². The first-order chi connectivity index (χ1) is 16.3. The third-order valence-corrected chi connectivity index (χ3v) is 4.92. The van der Waals surface area contributed by atoms with Crippen LogP contribution in [0.1, 0.15) is 16.7 Å². The maximum absolute atomic E-state index is 12.2. The molecule has 0 aliphatic rings. The quantitative estimate of drug-likeness (QED) is 0.270. The van der Waals surface area contributed by atoms with Gasteiger partial charge >= 0.3 is 11.8 Å². The largest absolute Gasteiger partial charge is 0.484 e. The molecule has 0 saturated heterocycles. The lowest BCUT2D eigenvalue weighted by atomic mass is 10.1. The van der Waals surface area contributed by atoms with Gasteiger partial charge in [-0.25, -0.2) is 5.43 Å². The minimum Gasteiger partial charge on any atom is -0.484 e. The Kier molecular flexibility index (Phi) is 8.37. The van der Waals surface area contributed by atoms with Crippen LogP contribution in [0, 0.1) is 13.8 Å². The first-order valence-corrected chi connectivity index (χ1v) is 10.7. The summed E-state index contributed by atoms with van der Waals surface area (Å²) in [6, 6.07) is 18.9. The van der Waals surface area contributed by atoms with Gasteiger partial charge in [0.1, 0.15) is 5.75 Å². The number of hydrazone groups is 1. The summed E-state index contributed by atoms with van der Waals surface area (Å²) >= 11 is 5.85. The summed E-state index contributed by atoms with van der Waals surface area (Å²) in [5.74, 6) is -1.66. The van der Waals surface area contributed by atoms with Crippen LogP contribution in [-0.2, 0) is 14.4 Å². The number of hydrogen-bond donors (Lipinski definition) is 3. The predicted molar refractivity (Wildman–Crippen MR) is 132 cm³/mol. The van der Waals surface area contributed by atoms with Gasteiger partial charge in [0.2, 0.25) is 0 Å². The summed E-state index contributed by atoms with van der Waals surface area (Å²) < 4.78 is 5.54. The van der Waals surface area contributed by atoms with Crippen LogP contribution in [0.25, 0.3) is 0 Å². The number of anilines is 2. The van der Waals surface area contributed by atoms with Gasteiger partial charge in [-0.05, 0) is 73.0 Å². The molecule has 3 aromatic carbocycles. The smallest absolute Gasteiger partial charge is 0.329 e. The maximum atomic E-state index is 12.2. The van der Waals surface area contributed by atoms with E-state index in [-0.39, 0.29) is 12.5 Å². The zero-order chi connectivity index (χ0) is 24.5. The summed E-state index contributed by atoms with van der Waals surface area (Å²) in [7, 11) is 0. The van der Waals surface area contributed by atoms with E-state index >= 15 is 0 Å². The molecule has 0 unspecified atom stereocenters. The van der Waals surface area contributed by atoms with Crippen molar-refractivity contribution < 1.29 is 19.1 Å². The molecule has 0 saturated carbocycles. The molecule has 0 fully saturated rings. The molecule has 0 aliphatic heterocycles. The van der Waals surface area contributed by atoms with Crippen LogP contribution in [-0.4, -0.2) is 30.5 Å². The topological polar surface area (TPSA) is 109 Å². The summed E-state index contributed by atoms with van der Waals surface area (Å²) in [5, 5.41) is 9.43. The van der Waals surface area contributed by atoms with Crippen molar-refractivity contribution in [2.45, 2.75) is 13.8 Å². The van der Waals surface area contributed by atoms with Crippen molar-refractivity contribution in [3.05, 3.63) is 88.4 Å². The van der Waals surface area contributed by atoms with Gasteiger partial charge in [-0.3, -0.25) is 14.4 Å². The molecule has 34 heavy (non-hydrogen) atoms. The molecule has 0 aromatic heterocycles. The SMILES string of the molecule is Cc1ccc(NC(=O)COc2cccc(/C=N\NC(=O)C(=O)Nc3cccc(Cl)c3)c2)cc1C. The van der Waals surface area contributed by atoms with Crippen LogP contribution in [0.15, 0.2) is 71.8 Å². The second-order valence-corrected chi connectivity index (χ2v) is 7.81. The molecule has 0 radical (unpaired) electrons. The molecule has 0 heterocycles. The molecule has 3 rings (SSSR count).